The molecule has 11 heteroatoms. The van der Waals surface area contributed by atoms with Gasteiger partial charge in [0.15, 0.2) is 4.84 Å². The molecule has 1 atom stereocenters. The van der Waals surface area contributed by atoms with E-state index in [4.69, 9.17) is 27.9 Å². The van der Waals surface area contributed by atoms with Crippen molar-refractivity contribution in [1.82, 2.24) is 20.1 Å². The minimum atomic E-state index is -1.21. The molecule has 1 fully saturated rings. The number of ether oxygens (including phenoxy) is 1. The van der Waals surface area contributed by atoms with E-state index in [2.05, 4.69) is 17.0 Å². The summed E-state index contributed by atoms with van der Waals surface area (Å²) in [6.07, 6.45) is 3.09. The Morgan fingerprint density at radius 1 is 1.52 bits per heavy atom. The van der Waals surface area contributed by atoms with Gasteiger partial charge in [-0.1, -0.05) is 35.9 Å². The average molecular weight is 448 g/mol. The van der Waals surface area contributed by atoms with Gasteiger partial charge in [-0.3, -0.25) is 14.7 Å². The summed E-state index contributed by atoms with van der Waals surface area (Å²) >= 11 is 10.9. The molecule has 1 N–H and O–H groups in total. The third-order valence-electron chi connectivity index (χ3n) is 4.40. The van der Waals surface area contributed by atoms with Crippen LogP contribution in [0.25, 0.3) is 0 Å². The number of halogens is 3. The SMILES string of the molecule is C=C(C(F)=CC(=CC)N1CC(CNC(=O)C(Cl)Cl)OC1=O)N1C=NN(CC)CC1. The molecular weight excluding hydrogens is 424 g/mol. The number of carbonyl (C=O) groups is 2. The fraction of sp³-hybridized carbons (Fsp3) is 0.500. The first-order chi connectivity index (χ1) is 13.8. The zero-order valence-corrected chi connectivity index (χ0v) is 17.8. The summed E-state index contributed by atoms with van der Waals surface area (Å²) in [5.74, 6) is -1.17. The fourth-order valence-corrected chi connectivity index (χ4v) is 2.87. The second kappa shape index (κ2) is 10.5. The van der Waals surface area contributed by atoms with Gasteiger partial charge < -0.3 is 15.0 Å². The van der Waals surface area contributed by atoms with E-state index < -0.39 is 28.8 Å². The molecule has 1 saturated heterocycles. The van der Waals surface area contributed by atoms with E-state index in [9.17, 15) is 14.0 Å². The van der Waals surface area contributed by atoms with E-state index in [1.807, 2.05) is 11.9 Å². The highest BCUT2D eigenvalue weighted by Crippen LogP contribution is 2.23. The lowest BCUT2D eigenvalue weighted by atomic mass is 10.2. The standard InChI is InChI=1S/C18H24Cl2FN5O3/c1-4-13(8-15(21)12(3)24-6-7-25(5-2)23-11-24)26-10-14(29-18(26)28)9-22-17(27)16(19)20/h4,8,11,14,16H,3,5-7,9-10H2,1-2H3,(H,22,27). The fourth-order valence-electron chi connectivity index (χ4n) is 2.72. The molecule has 8 nitrogen and oxygen atoms in total. The maximum absolute atomic E-state index is 14.8. The Hall–Kier alpha value is -2.26. The smallest absolute Gasteiger partial charge is 0.414 e. The van der Waals surface area contributed by atoms with Crippen LogP contribution >= 0.6 is 23.2 Å². The third-order valence-corrected chi connectivity index (χ3v) is 4.80. The van der Waals surface area contributed by atoms with E-state index in [-0.39, 0.29) is 18.8 Å². The summed E-state index contributed by atoms with van der Waals surface area (Å²) < 4.78 is 20.0. The molecule has 2 aliphatic heterocycles. The molecule has 0 aromatic rings. The Kier molecular flexibility index (Phi) is 8.33. The summed E-state index contributed by atoms with van der Waals surface area (Å²) in [4.78, 5) is 25.3. The van der Waals surface area contributed by atoms with Gasteiger partial charge in [-0.15, -0.1) is 0 Å². The van der Waals surface area contributed by atoms with E-state index in [0.29, 0.717) is 18.8 Å². The van der Waals surface area contributed by atoms with Crippen LogP contribution in [0.5, 0.6) is 0 Å². The van der Waals surface area contributed by atoms with Gasteiger partial charge in [0, 0.05) is 18.8 Å². The first-order valence-electron chi connectivity index (χ1n) is 9.09. The number of nitrogens with one attached hydrogen (secondary N) is 1. The molecule has 0 bridgehead atoms. The molecule has 0 aromatic heterocycles. The van der Waals surface area contributed by atoms with Crippen molar-refractivity contribution < 1.29 is 18.7 Å². The van der Waals surface area contributed by atoms with Crippen molar-refractivity contribution in [2.75, 3.05) is 32.7 Å². The zero-order valence-electron chi connectivity index (χ0n) is 16.3. The van der Waals surface area contributed by atoms with E-state index in [1.54, 1.807) is 17.9 Å². The largest absolute Gasteiger partial charge is 0.442 e. The lowest BCUT2D eigenvalue weighted by Gasteiger charge is -2.29. The summed E-state index contributed by atoms with van der Waals surface area (Å²) in [5.41, 5.74) is 0.467. The maximum Gasteiger partial charge on any atom is 0.414 e. The summed E-state index contributed by atoms with van der Waals surface area (Å²) in [7, 11) is 0. The van der Waals surface area contributed by atoms with Gasteiger partial charge in [-0.05, 0) is 19.9 Å². The first kappa shape index (κ1) is 23.0. The van der Waals surface area contributed by atoms with Gasteiger partial charge >= 0.3 is 6.09 Å². The van der Waals surface area contributed by atoms with E-state index >= 15 is 0 Å². The molecule has 2 rings (SSSR count). The molecule has 160 valence electrons. The number of hydrogen-bond donors (Lipinski definition) is 1. The molecule has 2 heterocycles. The molecule has 1 unspecified atom stereocenters. The van der Waals surface area contributed by atoms with Crippen LogP contribution in [0.3, 0.4) is 0 Å². The highest BCUT2D eigenvalue weighted by atomic mass is 35.5. The lowest BCUT2D eigenvalue weighted by molar-refractivity contribution is -0.119. The summed E-state index contributed by atoms with van der Waals surface area (Å²) in [6.45, 7) is 9.61. The van der Waals surface area contributed by atoms with Crippen molar-refractivity contribution in [2.24, 2.45) is 5.10 Å². The van der Waals surface area contributed by atoms with Crippen LogP contribution in [0.1, 0.15) is 13.8 Å². The Morgan fingerprint density at radius 3 is 2.79 bits per heavy atom. The number of cyclic esters (lactones) is 1. The van der Waals surface area contributed by atoms with Crippen LogP contribution in [-0.2, 0) is 9.53 Å². The van der Waals surface area contributed by atoms with Gasteiger partial charge in [0.25, 0.3) is 5.91 Å². The maximum atomic E-state index is 14.8. The number of allylic oxidation sites excluding steroid dienone is 3. The Balaban J connectivity index is 2.00. The van der Waals surface area contributed by atoms with Crippen molar-refractivity contribution in [1.29, 1.82) is 0 Å². The monoisotopic (exact) mass is 447 g/mol. The van der Waals surface area contributed by atoms with Crippen molar-refractivity contribution in [3.05, 3.63) is 36.0 Å². The van der Waals surface area contributed by atoms with Crippen molar-refractivity contribution in [2.45, 2.75) is 24.8 Å². The molecule has 0 saturated carbocycles. The lowest BCUT2D eigenvalue weighted by Crippen LogP contribution is -2.37. The molecular formula is C18H24Cl2FN5O3. The molecule has 0 aliphatic carbocycles. The second-order valence-electron chi connectivity index (χ2n) is 6.29. The second-order valence-corrected chi connectivity index (χ2v) is 7.38. The number of hydrazone groups is 1. The van der Waals surface area contributed by atoms with Crippen molar-refractivity contribution in [3.8, 4) is 0 Å². The van der Waals surface area contributed by atoms with Gasteiger partial charge in [0.05, 0.1) is 25.3 Å². The van der Waals surface area contributed by atoms with E-state index in [0.717, 1.165) is 6.54 Å². The normalized spacial score (nSPS) is 20.4. The number of likely N-dealkylation sites (N-methyl/N-ethyl adjacent to an activating group) is 1. The summed E-state index contributed by atoms with van der Waals surface area (Å²) in [6, 6.07) is 0. The molecule has 0 radical (unpaired) electrons. The van der Waals surface area contributed by atoms with Crippen LogP contribution in [0.2, 0.25) is 0 Å². The highest BCUT2D eigenvalue weighted by Gasteiger charge is 2.33. The number of carbonyl (C=O) groups excluding carboxylic acids is 2. The summed E-state index contributed by atoms with van der Waals surface area (Å²) in [5, 5.41) is 8.54. The van der Waals surface area contributed by atoms with Crippen LogP contribution in [0.15, 0.2) is 41.1 Å². The zero-order chi connectivity index (χ0) is 21.6. The predicted octanol–water partition coefficient (Wildman–Crippen LogP) is 2.58. The Morgan fingerprint density at radius 2 is 2.24 bits per heavy atom. The van der Waals surface area contributed by atoms with Crippen LogP contribution in [-0.4, -0.2) is 76.8 Å². The van der Waals surface area contributed by atoms with E-state index in [1.165, 1.54) is 17.3 Å². The van der Waals surface area contributed by atoms with Crippen LogP contribution < -0.4 is 5.32 Å². The average Bonchev–Trinajstić information content (AvgIpc) is 3.09. The molecule has 0 aromatic carbocycles. The minimum Gasteiger partial charge on any atom is -0.442 e. The number of hydrogen-bond acceptors (Lipinski definition) is 6. The first-order valence-corrected chi connectivity index (χ1v) is 9.96. The molecule has 29 heavy (non-hydrogen) atoms. The predicted molar refractivity (Wildman–Crippen MR) is 110 cm³/mol. The Labute approximate surface area is 179 Å². The van der Waals surface area contributed by atoms with Gasteiger partial charge in [0.2, 0.25) is 0 Å². The highest BCUT2D eigenvalue weighted by molar-refractivity contribution is 6.53. The van der Waals surface area contributed by atoms with Crippen LogP contribution in [0.4, 0.5) is 9.18 Å². The molecule has 2 amide bonds. The van der Waals surface area contributed by atoms with Crippen molar-refractivity contribution in [3.63, 3.8) is 0 Å². The Bertz CT molecular complexity index is 741. The molecule has 2 aliphatic rings. The number of alkyl halides is 2. The third kappa shape index (κ3) is 6.11. The quantitative estimate of drug-likeness (QED) is 0.456. The van der Waals surface area contributed by atoms with Crippen LogP contribution in [0, 0.1) is 0 Å². The van der Waals surface area contributed by atoms with Gasteiger partial charge in [-0.25, -0.2) is 9.18 Å². The van der Waals surface area contributed by atoms with Crippen molar-refractivity contribution >= 4 is 41.5 Å². The number of amides is 2. The number of rotatable bonds is 8. The topological polar surface area (TPSA) is 77.5 Å². The minimum absolute atomic E-state index is 0.0467. The van der Waals surface area contributed by atoms with Gasteiger partial charge in [-0.2, -0.15) is 5.10 Å². The van der Waals surface area contributed by atoms with Gasteiger partial charge in [0.1, 0.15) is 18.3 Å². The molecule has 0 spiro atoms. The number of nitrogens with zero attached hydrogens (tertiary/aromatic N) is 4.